The largest absolute Gasteiger partial charge is 0.481 e. The predicted molar refractivity (Wildman–Crippen MR) is 31.5 cm³/mol. The van der Waals surface area contributed by atoms with Gasteiger partial charge < -0.3 is 9.84 Å². The summed E-state index contributed by atoms with van der Waals surface area (Å²) in [6.07, 6.45) is -1.10. The van der Waals surface area contributed by atoms with Crippen molar-refractivity contribution in [3.8, 4) is 0 Å². The number of aliphatic carboxylic acids is 1. The van der Waals surface area contributed by atoms with Gasteiger partial charge in [-0.25, -0.2) is 8.78 Å². The van der Waals surface area contributed by atoms with E-state index in [1.807, 2.05) is 0 Å². The highest BCUT2D eigenvalue weighted by Gasteiger charge is 2.45. The van der Waals surface area contributed by atoms with Crippen molar-refractivity contribution in [2.45, 2.75) is 12.3 Å². The number of hydrogen-bond donors (Lipinski definition) is 1. The molecule has 0 saturated carbocycles. The molecule has 0 unspecified atom stereocenters. The number of halogens is 2. The molecule has 11 heavy (non-hydrogen) atoms. The summed E-state index contributed by atoms with van der Waals surface area (Å²) in [6, 6.07) is 0. The van der Waals surface area contributed by atoms with Crippen LogP contribution in [-0.4, -0.2) is 30.2 Å². The van der Waals surface area contributed by atoms with Crippen LogP contribution >= 0.6 is 0 Å². The third kappa shape index (κ3) is 1.86. The average molecular weight is 166 g/mol. The van der Waals surface area contributed by atoms with Crippen LogP contribution in [0.5, 0.6) is 0 Å². The molecule has 0 spiro atoms. The Morgan fingerprint density at radius 1 is 1.64 bits per heavy atom. The van der Waals surface area contributed by atoms with Crippen LogP contribution in [0.2, 0.25) is 0 Å². The summed E-state index contributed by atoms with van der Waals surface area (Å²) < 4.78 is 29.8. The molecule has 1 heterocycles. The molecule has 0 aromatic rings. The first kappa shape index (κ1) is 8.39. The minimum Gasteiger partial charge on any atom is -0.481 e. The number of carboxylic acid groups (broad SMARTS) is 1. The molecule has 0 atom stereocenters. The van der Waals surface area contributed by atoms with E-state index in [4.69, 9.17) is 5.11 Å². The predicted octanol–water partition coefficient (Wildman–Crippen LogP) is 0.743. The monoisotopic (exact) mass is 166 g/mol. The fourth-order valence-corrected chi connectivity index (χ4v) is 0.826. The summed E-state index contributed by atoms with van der Waals surface area (Å²) >= 11 is 0. The molecule has 0 amide bonds. The van der Waals surface area contributed by atoms with Gasteiger partial charge in [0.2, 0.25) is 0 Å². The zero-order chi connectivity index (χ0) is 8.48. The van der Waals surface area contributed by atoms with Crippen LogP contribution in [0.4, 0.5) is 8.78 Å². The second kappa shape index (κ2) is 2.73. The van der Waals surface area contributed by atoms with Crippen molar-refractivity contribution in [1.29, 1.82) is 0 Å². The maximum absolute atomic E-state index is 12.7. The number of hydrogen-bond acceptors (Lipinski definition) is 2. The highest BCUT2D eigenvalue weighted by atomic mass is 19.3. The topological polar surface area (TPSA) is 46.5 Å². The second-order valence-corrected chi connectivity index (χ2v) is 2.57. The minimum absolute atomic E-state index is 0.0275. The van der Waals surface area contributed by atoms with E-state index >= 15 is 0 Å². The van der Waals surface area contributed by atoms with Crippen LogP contribution in [0.15, 0.2) is 0 Å². The molecule has 1 fully saturated rings. The van der Waals surface area contributed by atoms with E-state index in [1.165, 1.54) is 0 Å². The first-order chi connectivity index (χ1) is 5.02. The Morgan fingerprint density at radius 3 is 2.45 bits per heavy atom. The van der Waals surface area contributed by atoms with Gasteiger partial charge in [-0.05, 0) is 0 Å². The quantitative estimate of drug-likeness (QED) is 0.672. The number of rotatable bonds is 3. The van der Waals surface area contributed by atoms with Crippen molar-refractivity contribution in [2.24, 2.45) is 5.92 Å². The molecule has 1 aliphatic rings. The first-order valence-electron chi connectivity index (χ1n) is 3.20. The second-order valence-electron chi connectivity index (χ2n) is 2.57. The lowest BCUT2D eigenvalue weighted by atomic mass is 9.97. The van der Waals surface area contributed by atoms with E-state index < -0.39 is 24.2 Å². The molecule has 64 valence electrons. The lowest BCUT2D eigenvalue weighted by Gasteiger charge is -2.32. The van der Waals surface area contributed by atoms with E-state index in [9.17, 15) is 13.6 Å². The highest BCUT2D eigenvalue weighted by molar-refractivity contribution is 5.67. The van der Waals surface area contributed by atoms with Crippen molar-refractivity contribution in [1.82, 2.24) is 0 Å². The van der Waals surface area contributed by atoms with Gasteiger partial charge in [0.1, 0.15) is 6.42 Å². The van der Waals surface area contributed by atoms with Crippen molar-refractivity contribution >= 4 is 5.97 Å². The fourth-order valence-electron chi connectivity index (χ4n) is 0.826. The molecule has 1 aliphatic heterocycles. The molecule has 0 aromatic heterocycles. The van der Waals surface area contributed by atoms with E-state index in [-0.39, 0.29) is 13.2 Å². The van der Waals surface area contributed by atoms with Crippen LogP contribution in [0.25, 0.3) is 0 Å². The van der Waals surface area contributed by atoms with E-state index in [0.717, 1.165) is 0 Å². The van der Waals surface area contributed by atoms with Crippen molar-refractivity contribution in [3.05, 3.63) is 0 Å². The number of carboxylic acids is 1. The molecule has 1 N–H and O–H groups in total. The Balaban J connectivity index is 2.43. The molecule has 0 radical (unpaired) electrons. The molecule has 0 aromatic carbocycles. The summed E-state index contributed by atoms with van der Waals surface area (Å²) in [4.78, 5) is 9.94. The smallest absolute Gasteiger partial charge is 0.309 e. The van der Waals surface area contributed by atoms with Crippen LogP contribution in [0.3, 0.4) is 0 Å². The van der Waals surface area contributed by atoms with Gasteiger partial charge in [-0.2, -0.15) is 0 Å². The Kier molecular flexibility index (Phi) is 2.08. The summed E-state index contributed by atoms with van der Waals surface area (Å²) in [5.41, 5.74) is 0. The van der Waals surface area contributed by atoms with Gasteiger partial charge in [-0.1, -0.05) is 0 Å². The van der Waals surface area contributed by atoms with Crippen LogP contribution in [0, 0.1) is 5.92 Å². The fraction of sp³-hybridized carbons (Fsp3) is 0.833. The maximum atomic E-state index is 12.7. The average Bonchev–Trinajstić information content (AvgIpc) is 1.50. The van der Waals surface area contributed by atoms with Gasteiger partial charge in [0.05, 0.1) is 19.1 Å². The highest BCUT2D eigenvalue weighted by Crippen LogP contribution is 2.33. The summed E-state index contributed by atoms with van der Waals surface area (Å²) in [5, 5.41) is 8.10. The van der Waals surface area contributed by atoms with Crippen molar-refractivity contribution < 1.29 is 23.4 Å². The van der Waals surface area contributed by atoms with Crippen LogP contribution in [0.1, 0.15) is 6.42 Å². The molecule has 3 nitrogen and oxygen atoms in total. The molecule has 1 saturated heterocycles. The third-order valence-electron chi connectivity index (χ3n) is 1.62. The Hall–Kier alpha value is -0.710. The van der Waals surface area contributed by atoms with Crippen molar-refractivity contribution in [2.75, 3.05) is 13.2 Å². The molecule has 5 heteroatoms. The summed E-state index contributed by atoms with van der Waals surface area (Å²) in [7, 11) is 0. The minimum atomic E-state index is -3.11. The lowest BCUT2D eigenvalue weighted by Crippen LogP contribution is -2.43. The Labute approximate surface area is 62.0 Å². The normalized spacial score (nSPS) is 19.5. The van der Waals surface area contributed by atoms with E-state index in [2.05, 4.69) is 4.74 Å². The first-order valence-corrected chi connectivity index (χ1v) is 3.20. The van der Waals surface area contributed by atoms with E-state index in [1.54, 1.807) is 0 Å². The zero-order valence-electron chi connectivity index (χ0n) is 5.72. The molecular formula is C6H8F2O3. The zero-order valence-corrected chi connectivity index (χ0v) is 5.72. The van der Waals surface area contributed by atoms with Gasteiger partial charge in [0, 0.05) is 0 Å². The number of carbonyl (C=O) groups is 1. The van der Waals surface area contributed by atoms with Gasteiger partial charge in [0.25, 0.3) is 5.92 Å². The summed E-state index contributed by atoms with van der Waals surface area (Å²) in [5.74, 6) is -5.48. The third-order valence-corrected chi connectivity index (χ3v) is 1.62. The molecule has 0 aliphatic carbocycles. The molecule has 1 rings (SSSR count). The molecular weight excluding hydrogens is 158 g/mol. The Bertz CT molecular complexity index is 165. The van der Waals surface area contributed by atoms with Crippen molar-refractivity contribution in [3.63, 3.8) is 0 Å². The molecule has 0 bridgehead atoms. The Morgan fingerprint density at radius 2 is 2.18 bits per heavy atom. The number of ether oxygens (including phenoxy) is 1. The standard InChI is InChI=1S/C6H8F2O3/c7-6(8,1-5(9)10)4-2-11-3-4/h4H,1-3H2,(H,9,10). The van der Waals surface area contributed by atoms with Gasteiger partial charge in [0.15, 0.2) is 0 Å². The van der Waals surface area contributed by atoms with Crippen LogP contribution < -0.4 is 0 Å². The van der Waals surface area contributed by atoms with Gasteiger partial charge in [-0.15, -0.1) is 0 Å². The van der Waals surface area contributed by atoms with Crippen LogP contribution in [-0.2, 0) is 9.53 Å². The summed E-state index contributed by atoms with van der Waals surface area (Å²) in [6.45, 7) is -0.0550. The van der Waals surface area contributed by atoms with Gasteiger partial charge >= 0.3 is 5.97 Å². The van der Waals surface area contributed by atoms with E-state index in [0.29, 0.717) is 0 Å². The SMILES string of the molecule is O=C(O)CC(F)(F)C1COC1. The number of alkyl halides is 2. The van der Waals surface area contributed by atoms with Gasteiger partial charge in [-0.3, -0.25) is 4.79 Å². The maximum Gasteiger partial charge on any atom is 0.309 e. The lowest BCUT2D eigenvalue weighted by molar-refractivity contribution is -0.182.